The lowest BCUT2D eigenvalue weighted by molar-refractivity contribution is -0.385. The van der Waals surface area contributed by atoms with Crippen molar-refractivity contribution in [2.75, 3.05) is 0 Å². The molecule has 80 valence electrons. The van der Waals surface area contributed by atoms with Crippen molar-refractivity contribution in [3.63, 3.8) is 0 Å². The number of rotatable bonds is 3. The van der Waals surface area contributed by atoms with Crippen molar-refractivity contribution in [1.82, 2.24) is 0 Å². The summed E-state index contributed by atoms with van der Waals surface area (Å²) in [4.78, 5) is 20.1. The van der Waals surface area contributed by atoms with E-state index in [1.807, 2.05) is 0 Å². The Morgan fingerprint density at radius 1 is 1.60 bits per heavy atom. The highest BCUT2D eigenvalue weighted by Crippen LogP contribution is 2.21. The number of aliphatic carboxylic acids is 1. The number of nitrogens with two attached hydrogens (primary N) is 1. The van der Waals surface area contributed by atoms with Crippen LogP contribution in [0.3, 0.4) is 0 Å². The number of carbonyl (C=O) groups is 1. The second-order valence-electron chi connectivity index (χ2n) is 2.78. The predicted octanol–water partition coefficient (Wildman–Crippen LogP) is 0.818. The Morgan fingerprint density at radius 3 is 2.67 bits per heavy atom. The van der Waals surface area contributed by atoms with Crippen LogP contribution in [0.15, 0.2) is 18.2 Å². The molecule has 0 aliphatic rings. The van der Waals surface area contributed by atoms with Gasteiger partial charge in [0.05, 0.1) is 4.92 Å². The summed E-state index contributed by atoms with van der Waals surface area (Å²) in [7, 11) is 0. The van der Waals surface area contributed by atoms with Gasteiger partial charge in [-0.05, 0) is 6.07 Å². The van der Waals surface area contributed by atoms with Gasteiger partial charge in [0.1, 0.15) is 11.9 Å². The van der Waals surface area contributed by atoms with Gasteiger partial charge in [-0.2, -0.15) is 0 Å². The maximum absolute atomic E-state index is 13.1. The van der Waals surface area contributed by atoms with E-state index in [2.05, 4.69) is 0 Å². The molecular weight excluding hydrogens is 207 g/mol. The third kappa shape index (κ3) is 2.26. The molecule has 3 N–H and O–H groups in total. The summed E-state index contributed by atoms with van der Waals surface area (Å²) >= 11 is 0. The minimum absolute atomic E-state index is 0.400. The molecule has 0 amide bonds. The van der Waals surface area contributed by atoms with Gasteiger partial charge < -0.3 is 10.8 Å². The first-order valence-corrected chi connectivity index (χ1v) is 3.85. The number of halogens is 1. The van der Waals surface area contributed by atoms with Gasteiger partial charge in [0.25, 0.3) is 5.69 Å². The van der Waals surface area contributed by atoms with E-state index in [0.29, 0.717) is 0 Å². The van der Waals surface area contributed by atoms with E-state index in [1.54, 1.807) is 0 Å². The van der Waals surface area contributed by atoms with Crippen molar-refractivity contribution in [2.24, 2.45) is 5.73 Å². The van der Waals surface area contributed by atoms with Crippen LogP contribution in [0, 0.1) is 15.9 Å². The van der Waals surface area contributed by atoms with Crippen molar-refractivity contribution < 1.29 is 19.2 Å². The summed E-state index contributed by atoms with van der Waals surface area (Å²) in [5.74, 6) is -2.33. The second kappa shape index (κ2) is 4.01. The molecule has 0 aliphatic heterocycles. The molecule has 1 unspecified atom stereocenters. The Morgan fingerprint density at radius 2 is 2.20 bits per heavy atom. The third-order valence-corrected chi connectivity index (χ3v) is 1.79. The number of hydrogen-bond donors (Lipinski definition) is 2. The Balaban J connectivity index is 3.22. The summed E-state index contributed by atoms with van der Waals surface area (Å²) in [5, 5.41) is 18.9. The molecule has 0 saturated heterocycles. The lowest BCUT2D eigenvalue weighted by Gasteiger charge is -2.07. The van der Waals surface area contributed by atoms with Crippen LogP contribution < -0.4 is 5.73 Å². The molecule has 0 bridgehead atoms. The fourth-order valence-electron chi connectivity index (χ4n) is 1.02. The van der Waals surface area contributed by atoms with Crippen LogP contribution >= 0.6 is 0 Å². The number of non-ortho nitro benzene ring substituents is 1. The van der Waals surface area contributed by atoms with E-state index in [4.69, 9.17) is 10.8 Å². The predicted molar refractivity (Wildman–Crippen MR) is 47.6 cm³/mol. The smallest absolute Gasteiger partial charge is 0.325 e. The second-order valence-corrected chi connectivity index (χ2v) is 2.78. The van der Waals surface area contributed by atoms with Gasteiger partial charge in [0.15, 0.2) is 0 Å². The van der Waals surface area contributed by atoms with Crippen LogP contribution in [-0.4, -0.2) is 16.0 Å². The summed E-state index contributed by atoms with van der Waals surface area (Å²) < 4.78 is 13.1. The van der Waals surface area contributed by atoms with E-state index >= 15 is 0 Å². The maximum Gasteiger partial charge on any atom is 0.325 e. The van der Waals surface area contributed by atoms with Crippen LogP contribution in [0.25, 0.3) is 0 Å². The monoisotopic (exact) mass is 214 g/mol. The number of nitrogens with zero attached hydrogens (tertiary/aromatic N) is 1. The number of nitro groups is 1. The highest BCUT2D eigenvalue weighted by atomic mass is 19.1. The molecule has 1 atom stereocenters. The molecular formula is C8H7FN2O4. The quantitative estimate of drug-likeness (QED) is 0.572. The van der Waals surface area contributed by atoms with Gasteiger partial charge in [-0.15, -0.1) is 0 Å². The highest BCUT2D eigenvalue weighted by Gasteiger charge is 2.21. The molecule has 1 aromatic carbocycles. The van der Waals surface area contributed by atoms with E-state index < -0.39 is 34.0 Å². The molecule has 1 aromatic rings. The number of carboxylic acid groups (broad SMARTS) is 1. The molecule has 0 fully saturated rings. The summed E-state index contributed by atoms with van der Waals surface area (Å²) in [6.07, 6.45) is 0. The summed E-state index contributed by atoms with van der Waals surface area (Å²) in [6.45, 7) is 0. The molecule has 0 spiro atoms. The van der Waals surface area contributed by atoms with Gasteiger partial charge in [0.2, 0.25) is 0 Å². The van der Waals surface area contributed by atoms with Crippen molar-refractivity contribution in [3.8, 4) is 0 Å². The lowest BCUT2D eigenvalue weighted by atomic mass is 10.1. The topological polar surface area (TPSA) is 106 Å². The zero-order valence-electron chi connectivity index (χ0n) is 7.38. The van der Waals surface area contributed by atoms with Crippen LogP contribution in [-0.2, 0) is 4.79 Å². The van der Waals surface area contributed by atoms with Gasteiger partial charge in [0, 0.05) is 17.7 Å². The zero-order valence-corrected chi connectivity index (χ0v) is 7.38. The van der Waals surface area contributed by atoms with Crippen LogP contribution in [0.5, 0.6) is 0 Å². The zero-order chi connectivity index (χ0) is 11.6. The first kappa shape index (κ1) is 11.1. The summed E-state index contributed by atoms with van der Waals surface area (Å²) in [5.41, 5.74) is 4.34. The largest absolute Gasteiger partial charge is 0.480 e. The molecule has 6 nitrogen and oxygen atoms in total. The minimum atomic E-state index is -1.61. The molecule has 0 aliphatic carbocycles. The molecule has 7 heteroatoms. The van der Waals surface area contributed by atoms with Gasteiger partial charge >= 0.3 is 5.97 Å². The first-order chi connectivity index (χ1) is 6.93. The van der Waals surface area contributed by atoms with Crippen molar-refractivity contribution in [3.05, 3.63) is 39.7 Å². The van der Waals surface area contributed by atoms with E-state index in [9.17, 15) is 19.3 Å². The highest BCUT2D eigenvalue weighted by molar-refractivity contribution is 5.75. The third-order valence-electron chi connectivity index (χ3n) is 1.79. The van der Waals surface area contributed by atoms with Crippen molar-refractivity contribution >= 4 is 11.7 Å². The van der Waals surface area contributed by atoms with Gasteiger partial charge in [-0.25, -0.2) is 4.39 Å². The average molecular weight is 214 g/mol. The number of carboxylic acids is 1. The number of nitro benzene ring substituents is 1. The standard InChI is InChI=1S/C8H7FN2O4/c9-6-2-1-4(11(14)15)3-5(6)7(10)8(12)13/h1-3,7H,10H2,(H,12,13). The fourth-order valence-corrected chi connectivity index (χ4v) is 1.02. The summed E-state index contributed by atoms with van der Waals surface area (Å²) in [6, 6.07) is 0.961. The van der Waals surface area contributed by atoms with Gasteiger partial charge in [-0.3, -0.25) is 14.9 Å². The Kier molecular flexibility index (Phi) is 2.96. The van der Waals surface area contributed by atoms with Crippen molar-refractivity contribution in [1.29, 1.82) is 0 Å². The fraction of sp³-hybridized carbons (Fsp3) is 0.125. The Hall–Kier alpha value is -2.02. The SMILES string of the molecule is NC(C(=O)O)c1cc([N+](=O)[O-])ccc1F. The van der Waals surface area contributed by atoms with Crippen LogP contribution in [0.4, 0.5) is 10.1 Å². The molecule has 0 heterocycles. The molecule has 1 rings (SSSR count). The van der Waals surface area contributed by atoms with E-state index in [0.717, 1.165) is 18.2 Å². The van der Waals surface area contributed by atoms with Crippen LogP contribution in [0.2, 0.25) is 0 Å². The van der Waals surface area contributed by atoms with Crippen molar-refractivity contribution in [2.45, 2.75) is 6.04 Å². The average Bonchev–Trinajstić information content (AvgIpc) is 2.16. The van der Waals surface area contributed by atoms with Gasteiger partial charge in [-0.1, -0.05) is 0 Å². The molecule has 0 saturated carbocycles. The normalized spacial score (nSPS) is 12.1. The minimum Gasteiger partial charge on any atom is -0.480 e. The first-order valence-electron chi connectivity index (χ1n) is 3.85. The number of benzene rings is 1. The molecule has 0 radical (unpaired) electrons. The van der Waals surface area contributed by atoms with Crippen LogP contribution in [0.1, 0.15) is 11.6 Å². The molecule has 0 aromatic heterocycles. The Bertz CT molecular complexity index is 421. The van der Waals surface area contributed by atoms with E-state index in [-0.39, 0.29) is 0 Å². The Labute approximate surface area is 83.3 Å². The van der Waals surface area contributed by atoms with E-state index in [1.165, 1.54) is 0 Å². The maximum atomic E-state index is 13.1. The lowest BCUT2D eigenvalue weighted by Crippen LogP contribution is -2.21. The number of hydrogen-bond acceptors (Lipinski definition) is 4. The molecule has 15 heavy (non-hydrogen) atoms.